The van der Waals surface area contributed by atoms with E-state index in [2.05, 4.69) is 20.6 Å². The molecular weight excluding hydrogens is 339 g/mol. The van der Waals surface area contributed by atoms with Crippen molar-refractivity contribution in [2.75, 3.05) is 10.6 Å². The van der Waals surface area contributed by atoms with Gasteiger partial charge in [-0.1, -0.05) is 6.07 Å². The number of benzene rings is 1. The van der Waals surface area contributed by atoms with Crippen molar-refractivity contribution in [2.24, 2.45) is 0 Å². The summed E-state index contributed by atoms with van der Waals surface area (Å²) in [5.41, 5.74) is -0.613. The lowest BCUT2D eigenvalue weighted by Gasteiger charge is -2.13. The van der Waals surface area contributed by atoms with E-state index < -0.39 is 16.8 Å². The van der Waals surface area contributed by atoms with Crippen LogP contribution in [0.5, 0.6) is 0 Å². The summed E-state index contributed by atoms with van der Waals surface area (Å²) in [6.45, 7) is 1.51. The lowest BCUT2D eigenvalue weighted by Crippen LogP contribution is -2.14. The molecule has 0 amide bonds. The van der Waals surface area contributed by atoms with Gasteiger partial charge < -0.3 is 10.6 Å². The van der Waals surface area contributed by atoms with Crippen LogP contribution in [0.1, 0.15) is 24.1 Å². The summed E-state index contributed by atoms with van der Waals surface area (Å²) in [6, 6.07) is 5.16. The van der Waals surface area contributed by atoms with E-state index in [9.17, 15) is 23.3 Å². The van der Waals surface area contributed by atoms with E-state index in [1.165, 1.54) is 25.1 Å². The fourth-order valence-corrected chi connectivity index (χ4v) is 2.23. The third kappa shape index (κ3) is 3.95. The Balaban J connectivity index is 1.96. The van der Waals surface area contributed by atoms with Crippen LogP contribution >= 0.6 is 0 Å². The summed E-state index contributed by atoms with van der Waals surface area (Å²) in [5.74, 6) is -0.211. The van der Waals surface area contributed by atoms with E-state index >= 15 is 0 Å². The maximum absolute atomic E-state index is 13.1. The average Bonchev–Trinajstić information content (AvgIpc) is 3.32. The van der Waals surface area contributed by atoms with Gasteiger partial charge in [0.25, 0.3) is 5.69 Å². The molecule has 7 nitrogen and oxygen atoms in total. The smallest absolute Gasteiger partial charge is 0.351 e. The van der Waals surface area contributed by atoms with Gasteiger partial charge in [0.05, 0.1) is 10.5 Å². The number of nitrogens with one attached hydrogen (secondary N) is 2. The van der Waals surface area contributed by atoms with Gasteiger partial charge in [0.1, 0.15) is 5.82 Å². The monoisotopic (exact) mass is 353 g/mol. The molecule has 25 heavy (non-hydrogen) atoms. The second kappa shape index (κ2) is 6.19. The zero-order chi connectivity index (χ0) is 18.2. The van der Waals surface area contributed by atoms with Crippen LogP contribution in [0.2, 0.25) is 0 Å². The maximum atomic E-state index is 13.1. The summed E-state index contributed by atoms with van der Waals surface area (Å²) in [6.07, 6.45) is -2.92. The first-order valence-electron chi connectivity index (χ1n) is 7.48. The standard InChI is InChI=1S/C15H14F3N5O2/c1-8-10(3-2-4-11(8)23(24)25)20-13-7-12(15(16,17)18)21-14(22-13)19-9-5-6-9/h2-4,7,9H,5-6H2,1H3,(H2,19,20,21,22). The molecule has 1 aromatic heterocycles. The largest absolute Gasteiger partial charge is 0.433 e. The minimum Gasteiger partial charge on any atom is -0.351 e. The molecule has 1 saturated carbocycles. The number of nitro benzene ring substituents is 1. The lowest BCUT2D eigenvalue weighted by molar-refractivity contribution is -0.385. The molecule has 0 aliphatic heterocycles. The molecule has 0 spiro atoms. The van der Waals surface area contributed by atoms with E-state index in [1.54, 1.807) is 0 Å². The van der Waals surface area contributed by atoms with Crippen molar-refractivity contribution >= 4 is 23.1 Å². The van der Waals surface area contributed by atoms with Crippen LogP contribution in [0, 0.1) is 17.0 Å². The van der Waals surface area contributed by atoms with Crippen molar-refractivity contribution in [3.8, 4) is 0 Å². The Bertz CT molecular complexity index is 821. The van der Waals surface area contributed by atoms with Gasteiger partial charge in [0, 0.05) is 23.9 Å². The molecule has 0 saturated heterocycles. The Morgan fingerprint density at radius 1 is 1.28 bits per heavy atom. The first-order valence-corrected chi connectivity index (χ1v) is 7.48. The first kappa shape index (κ1) is 16.9. The van der Waals surface area contributed by atoms with Crippen molar-refractivity contribution in [2.45, 2.75) is 32.0 Å². The van der Waals surface area contributed by atoms with Gasteiger partial charge in [0.2, 0.25) is 5.95 Å². The van der Waals surface area contributed by atoms with Crippen molar-refractivity contribution in [1.29, 1.82) is 0 Å². The number of nitrogens with zero attached hydrogens (tertiary/aromatic N) is 3. The highest BCUT2D eigenvalue weighted by atomic mass is 19.4. The summed E-state index contributed by atoms with van der Waals surface area (Å²) in [4.78, 5) is 18.0. The summed E-state index contributed by atoms with van der Waals surface area (Å²) in [7, 11) is 0. The van der Waals surface area contributed by atoms with Crippen LogP contribution in [0.15, 0.2) is 24.3 Å². The molecule has 1 aromatic carbocycles. The molecule has 132 valence electrons. The quantitative estimate of drug-likeness (QED) is 0.623. The third-order valence-electron chi connectivity index (χ3n) is 3.69. The Morgan fingerprint density at radius 3 is 2.60 bits per heavy atom. The molecule has 1 aliphatic rings. The molecule has 0 radical (unpaired) electrons. The number of aromatic nitrogens is 2. The van der Waals surface area contributed by atoms with E-state index in [-0.39, 0.29) is 23.5 Å². The number of hydrogen-bond donors (Lipinski definition) is 2. The Hall–Kier alpha value is -2.91. The molecule has 1 aliphatic carbocycles. The molecule has 2 N–H and O–H groups in total. The van der Waals surface area contributed by atoms with Gasteiger partial charge in [-0.15, -0.1) is 0 Å². The van der Waals surface area contributed by atoms with Crippen LogP contribution in [-0.2, 0) is 6.18 Å². The lowest BCUT2D eigenvalue weighted by atomic mass is 10.1. The maximum Gasteiger partial charge on any atom is 0.433 e. The minimum atomic E-state index is -4.63. The van der Waals surface area contributed by atoms with E-state index in [0.29, 0.717) is 11.3 Å². The second-order valence-electron chi connectivity index (χ2n) is 5.71. The van der Waals surface area contributed by atoms with Gasteiger partial charge in [-0.2, -0.15) is 18.2 Å². The van der Waals surface area contributed by atoms with Crippen molar-refractivity contribution in [3.05, 3.63) is 45.6 Å². The van der Waals surface area contributed by atoms with E-state index in [4.69, 9.17) is 0 Å². The molecule has 0 unspecified atom stereocenters. The molecule has 3 rings (SSSR count). The molecule has 1 heterocycles. The fourth-order valence-electron chi connectivity index (χ4n) is 2.23. The Kier molecular flexibility index (Phi) is 4.19. The van der Waals surface area contributed by atoms with Crippen LogP contribution in [0.3, 0.4) is 0 Å². The first-order chi connectivity index (χ1) is 11.7. The summed E-state index contributed by atoms with van der Waals surface area (Å²) in [5, 5.41) is 16.5. The van der Waals surface area contributed by atoms with Gasteiger partial charge in [0.15, 0.2) is 5.69 Å². The van der Waals surface area contributed by atoms with Crippen LogP contribution < -0.4 is 10.6 Å². The molecule has 10 heteroatoms. The Labute approximate surface area is 140 Å². The van der Waals surface area contributed by atoms with Gasteiger partial charge >= 0.3 is 6.18 Å². The number of rotatable bonds is 5. The van der Waals surface area contributed by atoms with Crippen LogP contribution in [0.25, 0.3) is 0 Å². The van der Waals surface area contributed by atoms with Gasteiger partial charge in [-0.25, -0.2) is 4.98 Å². The molecule has 0 bridgehead atoms. The summed E-state index contributed by atoms with van der Waals surface area (Å²) < 4.78 is 39.2. The fraction of sp³-hybridized carbons (Fsp3) is 0.333. The topological polar surface area (TPSA) is 93.0 Å². The second-order valence-corrected chi connectivity index (χ2v) is 5.71. The highest BCUT2D eigenvalue weighted by Crippen LogP contribution is 2.33. The van der Waals surface area contributed by atoms with Crippen molar-refractivity contribution in [1.82, 2.24) is 9.97 Å². The van der Waals surface area contributed by atoms with Gasteiger partial charge in [-0.05, 0) is 25.8 Å². The number of alkyl halides is 3. The molecule has 0 atom stereocenters. The van der Waals surface area contributed by atoms with Crippen LogP contribution in [-0.4, -0.2) is 20.9 Å². The van der Waals surface area contributed by atoms with Crippen molar-refractivity contribution < 1.29 is 18.1 Å². The van der Waals surface area contributed by atoms with Crippen molar-refractivity contribution in [3.63, 3.8) is 0 Å². The number of nitro groups is 1. The summed E-state index contributed by atoms with van der Waals surface area (Å²) >= 11 is 0. The minimum absolute atomic E-state index is 0.0795. The number of halogens is 3. The normalized spacial score (nSPS) is 14.2. The third-order valence-corrected chi connectivity index (χ3v) is 3.69. The zero-order valence-electron chi connectivity index (χ0n) is 13.1. The predicted molar refractivity (Wildman–Crippen MR) is 84.8 cm³/mol. The molecule has 1 fully saturated rings. The highest BCUT2D eigenvalue weighted by Gasteiger charge is 2.34. The molecular formula is C15H14F3N5O2. The van der Waals surface area contributed by atoms with E-state index in [1.807, 2.05) is 0 Å². The molecule has 2 aromatic rings. The SMILES string of the molecule is Cc1c(Nc2cc(C(F)(F)F)nc(NC3CC3)n2)cccc1[N+](=O)[O-]. The van der Waals surface area contributed by atoms with Gasteiger partial charge in [-0.3, -0.25) is 10.1 Å². The van der Waals surface area contributed by atoms with E-state index in [0.717, 1.165) is 18.9 Å². The predicted octanol–water partition coefficient (Wildman–Crippen LogP) is 4.03. The highest BCUT2D eigenvalue weighted by molar-refractivity contribution is 5.66. The van der Waals surface area contributed by atoms with Crippen LogP contribution in [0.4, 0.5) is 36.3 Å². The number of anilines is 3. The number of hydrogen-bond acceptors (Lipinski definition) is 6. The average molecular weight is 353 g/mol. The zero-order valence-corrected chi connectivity index (χ0v) is 13.1. The Morgan fingerprint density at radius 2 is 2.00 bits per heavy atom.